The number of rotatable bonds is 4. The highest BCUT2D eigenvalue weighted by Gasteiger charge is 2.20. The number of morpholine rings is 1. The fraction of sp³-hybridized carbons (Fsp3) is 0.150. The highest BCUT2D eigenvalue weighted by molar-refractivity contribution is 7.21. The van der Waals surface area contributed by atoms with Gasteiger partial charge in [-0.2, -0.15) is 0 Å². The summed E-state index contributed by atoms with van der Waals surface area (Å²) in [7, 11) is 0. The molecule has 1 aliphatic rings. The number of aromatic nitrogens is 4. The lowest BCUT2D eigenvalue weighted by Gasteiger charge is -2.26. The summed E-state index contributed by atoms with van der Waals surface area (Å²) in [5.41, 5.74) is 3.49. The van der Waals surface area contributed by atoms with Crippen molar-refractivity contribution >= 4 is 44.2 Å². The van der Waals surface area contributed by atoms with Crippen molar-refractivity contribution in [3.05, 3.63) is 55.0 Å². The lowest BCUT2D eigenvalue weighted by Crippen LogP contribution is -2.41. The zero-order valence-corrected chi connectivity index (χ0v) is 16.1. The quantitative estimate of drug-likeness (QED) is 0.558. The van der Waals surface area contributed by atoms with Crippen LogP contribution in [0.4, 0.5) is 16.6 Å². The maximum absolute atomic E-state index is 12.1. The van der Waals surface area contributed by atoms with Gasteiger partial charge in [-0.3, -0.25) is 9.78 Å². The number of nitrogens with one attached hydrogen (secondary N) is 1. The largest absolute Gasteiger partial charge is 0.370 e. The average Bonchev–Trinajstić information content (AvgIpc) is 3.16. The van der Waals surface area contributed by atoms with Gasteiger partial charge in [0.05, 0.1) is 12.3 Å². The molecule has 5 rings (SSSR count). The molecule has 0 unspecified atom stereocenters. The Morgan fingerprint density at radius 3 is 2.83 bits per heavy atom. The van der Waals surface area contributed by atoms with Gasteiger partial charge in [-0.15, -0.1) is 0 Å². The Morgan fingerprint density at radius 1 is 1.07 bits per heavy atom. The van der Waals surface area contributed by atoms with Gasteiger partial charge in [0.25, 0.3) is 5.91 Å². The second-order valence-corrected chi connectivity index (χ2v) is 7.38. The number of ether oxygens (including phenoxy) is 1. The molecular weight excluding hydrogens is 388 g/mol. The monoisotopic (exact) mass is 404 g/mol. The van der Waals surface area contributed by atoms with Gasteiger partial charge in [0.2, 0.25) is 0 Å². The third-order valence-corrected chi connectivity index (χ3v) is 5.39. The Kier molecular flexibility index (Phi) is 4.59. The van der Waals surface area contributed by atoms with Crippen molar-refractivity contribution in [3.8, 4) is 11.3 Å². The molecule has 4 aromatic heterocycles. The van der Waals surface area contributed by atoms with E-state index in [1.165, 1.54) is 11.3 Å². The summed E-state index contributed by atoms with van der Waals surface area (Å²) in [6, 6.07) is 11.4. The molecule has 0 aromatic carbocycles. The first-order valence-corrected chi connectivity index (χ1v) is 9.87. The second kappa shape index (κ2) is 7.53. The van der Waals surface area contributed by atoms with E-state index in [9.17, 15) is 4.79 Å². The minimum absolute atomic E-state index is 0.0544. The maximum Gasteiger partial charge on any atom is 0.253 e. The Bertz CT molecular complexity index is 1180. The summed E-state index contributed by atoms with van der Waals surface area (Å²) < 4.78 is 5.19. The molecule has 0 radical (unpaired) electrons. The summed E-state index contributed by atoms with van der Waals surface area (Å²) in [6.45, 7) is 1.17. The van der Waals surface area contributed by atoms with Crippen molar-refractivity contribution in [3.63, 3.8) is 0 Å². The van der Waals surface area contributed by atoms with Crippen molar-refractivity contribution in [2.24, 2.45) is 0 Å². The minimum Gasteiger partial charge on any atom is -0.370 e. The summed E-state index contributed by atoms with van der Waals surface area (Å²) in [4.78, 5) is 32.3. The highest BCUT2D eigenvalue weighted by atomic mass is 32.1. The lowest BCUT2D eigenvalue weighted by atomic mass is 10.2. The van der Waals surface area contributed by atoms with Crippen molar-refractivity contribution < 1.29 is 9.53 Å². The van der Waals surface area contributed by atoms with E-state index in [4.69, 9.17) is 9.72 Å². The van der Waals surface area contributed by atoms with Crippen LogP contribution in [0.5, 0.6) is 0 Å². The van der Waals surface area contributed by atoms with Crippen LogP contribution in [0.1, 0.15) is 0 Å². The van der Waals surface area contributed by atoms with Crippen LogP contribution in [0.15, 0.2) is 55.0 Å². The zero-order chi connectivity index (χ0) is 19.6. The molecule has 8 nitrogen and oxygen atoms in total. The number of pyridine rings is 3. The molecule has 1 N–H and O–H groups in total. The van der Waals surface area contributed by atoms with Gasteiger partial charge in [0, 0.05) is 42.5 Å². The summed E-state index contributed by atoms with van der Waals surface area (Å²) in [6.07, 6.45) is 5.17. The third-order valence-electron chi connectivity index (χ3n) is 4.51. The van der Waals surface area contributed by atoms with E-state index in [0.717, 1.165) is 27.3 Å². The Labute approximate surface area is 170 Å². The van der Waals surface area contributed by atoms with E-state index in [1.54, 1.807) is 23.5 Å². The SMILES string of the molecule is O=C1COCCN1c1ccnc(Nc2nc3ccc(-c4ccncc4)nc3s2)c1. The first kappa shape index (κ1) is 17.7. The number of nitrogens with zero attached hydrogens (tertiary/aromatic N) is 5. The fourth-order valence-corrected chi connectivity index (χ4v) is 3.96. The van der Waals surface area contributed by atoms with Gasteiger partial charge in [-0.25, -0.2) is 15.0 Å². The molecule has 1 amide bonds. The molecule has 0 spiro atoms. The number of anilines is 3. The average molecular weight is 404 g/mol. The highest BCUT2D eigenvalue weighted by Crippen LogP contribution is 2.29. The van der Waals surface area contributed by atoms with Gasteiger partial charge in [-0.1, -0.05) is 11.3 Å². The zero-order valence-electron chi connectivity index (χ0n) is 15.3. The van der Waals surface area contributed by atoms with Crippen LogP contribution in [-0.4, -0.2) is 45.6 Å². The van der Waals surface area contributed by atoms with Gasteiger partial charge < -0.3 is 15.0 Å². The fourth-order valence-electron chi connectivity index (χ4n) is 3.11. The summed E-state index contributed by atoms with van der Waals surface area (Å²) >= 11 is 1.45. The number of amides is 1. The number of thiazole rings is 1. The van der Waals surface area contributed by atoms with E-state index in [1.807, 2.05) is 36.4 Å². The van der Waals surface area contributed by atoms with Crippen LogP contribution in [-0.2, 0) is 9.53 Å². The van der Waals surface area contributed by atoms with Crippen LogP contribution in [0.3, 0.4) is 0 Å². The van der Waals surface area contributed by atoms with Crippen molar-refractivity contribution in [2.75, 3.05) is 30.0 Å². The van der Waals surface area contributed by atoms with Gasteiger partial charge in [-0.05, 0) is 30.3 Å². The molecule has 0 aliphatic carbocycles. The number of hydrogen-bond acceptors (Lipinski definition) is 8. The van der Waals surface area contributed by atoms with Crippen molar-refractivity contribution in [2.45, 2.75) is 0 Å². The molecule has 1 saturated heterocycles. The molecule has 0 atom stereocenters. The summed E-state index contributed by atoms with van der Waals surface area (Å²) in [5.74, 6) is 0.566. The van der Waals surface area contributed by atoms with E-state index < -0.39 is 0 Å². The van der Waals surface area contributed by atoms with Crippen LogP contribution in [0, 0.1) is 0 Å². The maximum atomic E-state index is 12.1. The molecule has 1 fully saturated rings. The van der Waals surface area contributed by atoms with Gasteiger partial charge >= 0.3 is 0 Å². The molecule has 4 aromatic rings. The molecule has 0 bridgehead atoms. The minimum atomic E-state index is -0.0544. The van der Waals surface area contributed by atoms with E-state index in [0.29, 0.717) is 24.1 Å². The molecular formula is C20H16N6O2S. The number of fused-ring (bicyclic) bond motifs is 1. The second-order valence-electron chi connectivity index (χ2n) is 6.40. The summed E-state index contributed by atoms with van der Waals surface area (Å²) in [5, 5.41) is 3.92. The van der Waals surface area contributed by atoms with Gasteiger partial charge in [0.15, 0.2) is 5.13 Å². The predicted octanol–water partition coefficient (Wildman–Crippen LogP) is 3.26. The normalized spacial score (nSPS) is 14.3. The van der Waals surface area contributed by atoms with Crippen LogP contribution in [0.2, 0.25) is 0 Å². The Balaban J connectivity index is 1.40. The van der Waals surface area contributed by atoms with Crippen molar-refractivity contribution in [1.82, 2.24) is 19.9 Å². The molecule has 144 valence electrons. The first-order chi connectivity index (χ1) is 14.3. The first-order valence-electron chi connectivity index (χ1n) is 9.05. The Hall–Kier alpha value is -3.43. The number of carbonyl (C=O) groups is 1. The molecule has 5 heterocycles. The molecule has 9 heteroatoms. The van der Waals surface area contributed by atoms with E-state index in [-0.39, 0.29) is 12.5 Å². The van der Waals surface area contributed by atoms with Crippen LogP contribution < -0.4 is 10.2 Å². The third kappa shape index (κ3) is 3.65. The molecule has 29 heavy (non-hydrogen) atoms. The standard InChI is InChI=1S/C20H16N6O2S/c27-18-12-28-10-9-26(18)14-5-8-22-17(11-14)25-20-24-16-2-1-15(23-19(16)29-20)13-3-6-21-7-4-13/h1-8,11H,9-10,12H2,(H,22,24,25). The number of carbonyl (C=O) groups excluding carboxylic acids is 1. The lowest BCUT2D eigenvalue weighted by molar-refractivity contribution is -0.125. The smallest absolute Gasteiger partial charge is 0.253 e. The van der Waals surface area contributed by atoms with E-state index >= 15 is 0 Å². The topological polar surface area (TPSA) is 93.1 Å². The Morgan fingerprint density at radius 2 is 1.97 bits per heavy atom. The molecule has 0 saturated carbocycles. The van der Waals surface area contributed by atoms with E-state index in [2.05, 4.69) is 20.3 Å². The van der Waals surface area contributed by atoms with Crippen LogP contribution in [0.25, 0.3) is 21.6 Å². The van der Waals surface area contributed by atoms with Crippen LogP contribution >= 0.6 is 11.3 Å². The molecule has 1 aliphatic heterocycles. The predicted molar refractivity (Wildman–Crippen MR) is 111 cm³/mol. The van der Waals surface area contributed by atoms with Crippen molar-refractivity contribution in [1.29, 1.82) is 0 Å². The number of hydrogen-bond donors (Lipinski definition) is 1. The van der Waals surface area contributed by atoms with Gasteiger partial charge in [0.1, 0.15) is 22.8 Å².